The second-order valence-corrected chi connectivity index (χ2v) is 11.8. The first kappa shape index (κ1) is 20.0. The Kier molecular flexibility index (Phi) is 5.32. The van der Waals surface area contributed by atoms with Crippen molar-refractivity contribution in [3.63, 3.8) is 0 Å². The van der Waals surface area contributed by atoms with Crippen molar-refractivity contribution < 1.29 is 5.11 Å². The maximum absolute atomic E-state index is 9.89. The molecule has 4 aliphatic carbocycles. The molecular formula is C26H44O. The molecule has 154 valence electrons. The fourth-order valence-electron chi connectivity index (χ4n) is 8.98. The van der Waals surface area contributed by atoms with E-state index in [1.54, 1.807) is 0 Å². The second-order valence-electron chi connectivity index (χ2n) is 11.8. The lowest BCUT2D eigenvalue weighted by Crippen LogP contribution is -2.51. The van der Waals surface area contributed by atoms with Crippen LogP contribution in [0.3, 0.4) is 0 Å². The zero-order valence-electron chi connectivity index (χ0n) is 18.6. The summed E-state index contributed by atoms with van der Waals surface area (Å²) in [5, 5.41) is 9.89. The van der Waals surface area contributed by atoms with E-state index in [0.29, 0.717) is 29.3 Å². The zero-order chi connectivity index (χ0) is 19.4. The van der Waals surface area contributed by atoms with Gasteiger partial charge in [0.05, 0.1) is 0 Å². The van der Waals surface area contributed by atoms with Gasteiger partial charge in [0.15, 0.2) is 0 Å². The van der Waals surface area contributed by atoms with E-state index in [4.69, 9.17) is 0 Å². The lowest BCUT2D eigenvalue weighted by molar-refractivity contribution is -0.0956. The number of rotatable bonds is 4. The third kappa shape index (κ3) is 3.06. The van der Waals surface area contributed by atoms with Crippen molar-refractivity contribution in [3.8, 4) is 0 Å². The highest BCUT2D eigenvalue weighted by molar-refractivity contribution is 5.12. The fraction of sp³-hybridized carbons (Fsp3) is 0.923. The minimum absolute atomic E-state index is 0.431. The highest BCUT2D eigenvalue weighted by Gasteiger charge is 2.61. The fourth-order valence-corrected chi connectivity index (χ4v) is 8.98. The molecule has 0 unspecified atom stereocenters. The van der Waals surface area contributed by atoms with Crippen LogP contribution in [0.5, 0.6) is 0 Å². The Hall–Kier alpha value is -0.300. The van der Waals surface area contributed by atoms with Crippen LogP contribution in [0.15, 0.2) is 12.2 Å². The molecule has 1 N–H and O–H groups in total. The molecule has 4 aliphatic rings. The number of fused-ring (bicyclic) bond motifs is 5. The van der Waals surface area contributed by atoms with E-state index in [1.807, 2.05) is 0 Å². The molecule has 0 amide bonds. The average Bonchev–Trinajstić information content (AvgIpc) is 3.16. The van der Waals surface area contributed by atoms with Crippen LogP contribution in [0.4, 0.5) is 0 Å². The zero-order valence-corrected chi connectivity index (χ0v) is 18.6. The van der Waals surface area contributed by atoms with Gasteiger partial charge in [-0.1, -0.05) is 46.8 Å². The normalized spacial score (nSPS) is 50.6. The van der Waals surface area contributed by atoms with Gasteiger partial charge in [0.25, 0.3) is 0 Å². The molecule has 4 fully saturated rings. The van der Waals surface area contributed by atoms with Crippen LogP contribution in [0.2, 0.25) is 0 Å². The Morgan fingerprint density at radius 3 is 2.19 bits per heavy atom. The second kappa shape index (κ2) is 7.19. The Morgan fingerprint density at radius 1 is 0.815 bits per heavy atom. The van der Waals surface area contributed by atoms with E-state index in [0.717, 1.165) is 35.5 Å². The molecule has 0 heterocycles. The van der Waals surface area contributed by atoms with E-state index >= 15 is 0 Å². The number of hydrogen-bond donors (Lipinski definition) is 1. The first-order valence-electron chi connectivity index (χ1n) is 12.1. The quantitative estimate of drug-likeness (QED) is 0.544. The van der Waals surface area contributed by atoms with Crippen LogP contribution in [-0.2, 0) is 0 Å². The predicted molar refractivity (Wildman–Crippen MR) is 114 cm³/mol. The molecule has 0 aromatic carbocycles. The maximum atomic E-state index is 9.89. The molecule has 0 bridgehead atoms. The third-order valence-electron chi connectivity index (χ3n) is 10.3. The van der Waals surface area contributed by atoms with Gasteiger partial charge >= 0.3 is 0 Å². The van der Waals surface area contributed by atoms with Gasteiger partial charge in [0, 0.05) is 6.61 Å². The minimum Gasteiger partial charge on any atom is -0.396 e. The van der Waals surface area contributed by atoms with Crippen molar-refractivity contribution in [3.05, 3.63) is 12.2 Å². The topological polar surface area (TPSA) is 20.2 Å². The van der Waals surface area contributed by atoms with Crippen LogP contribution in [0.1, 0.15) is 86.0 Å². The Labute approximate surface area is 168 Å². The van der Waals surface area contributed by atoms with Gasteiger partial charge in [-0.3, -0.25) is 0 Å². The summed E-state index contributed by atoms with van der Waals surface area (Å²) in [5.41, 5.74) is 1.10. The first-order chi connectivity index (χ1) is 12.8. The van der Waals surface area contributed by atoms with Crippen LogP contribution in [-0.4, -0.2) is 11.7 Å². The molecule has 1 heteroatoms. The van der Waals surface area contributed by atoms with Crippen molar-refractivity contribution in [2.24, 2.45) is 58.2 Å². The Morgan fingerprint density at radius 2 is 1.48 bits per heavy atom. The van der Waals surface area contributed by atoms with Crippen LogP contribution < -0.4 is 0 Å². The summed E-state index contributed by atoms with van der Waals surface area (Å²) in [6.45, 7) is 12.8. The number of allylic oxidation sites excluding steroid dienone is 2. The molecule has 0 saturated heterocycles. The summed E-state index contributed by atoms with van der Waals surface area (Å²) in [6, 6.07) is 0. The maximum Gasteiger partial charge on any atom is 0.0462 e. The first-order valence-corrected chi connectivity index (χ1v) is 12.1. The van der Waals surface area contributed by atoms with E-state index in [-0.39, 0.29) is 0 Å². The molecule has 27 heavy (non-hydrogen) atoms. The van der Waals surface area contributed by atoms with Crippen molar-refractivity contribution in [1.82, 2.24) is 0 Å². The molecule has 0 radical (unpaired) electrons. The van der Waals surface area contributed by atoms with Gasteiger partial charge in [-0.25, -0.2) is 0 Å². The molecule has 0 aromatic heterocycles. The molecule has 9 atom stereocenters. The number of aliphatic hydroxyl groups excluding tert-OH is 1. The van der Waals surface area contributed by atoms with Gasteiger partial charge in [0.1, 0.15) is 0 Å². The van der Waals surface area contributed by atoms with Gasteiger partial charge in [-0.15, -0.1) is 0 Å². The van der Waals surface area contributed by atoms with E-state index in [9.17, 15) is 5.11 Å². The number of aliphatic hydroxyl groups is 1. The highest BCUT2D eigenvalue weighted by atomic mass is 16.3. The van der Waals surface area contributed by atoms with E-state index in [1.165, 1.54) is 51.4 Å². The molecule has 4 saturated carbocycles. The SMILES string of the molecule is CC(C)/C=C/[C@@H](C)[C@H]1CC[C@H]2[C@@H]3CC[C@H]4[C@@H](CO)CC[C@]4(C)[C@H]3CC[C@]12C. The summed E-state index contributed by atoms with van der Waals surface area (Å²) < 4.78 is 0. The van der Waals surface area contributed by atoms with Crippen LogP contribution in [0.25, 0.3) is 0 Å². The lowest BCUT2D eigenvalue weighted by atomic mass is 9.47. The summed E-state index contributed by atoms with van der Waals surface area (Å²) in [6.07, 6.45) is 16.3. The van der Waals surface area contributed by atoms with Crippen molar-refractivity contribution >= 4 is 0 Å². The van der Waals surface area contributed by atoms with Gasteiger partial charge in [-0.2, -0.15) is 0 Å². The monoisotopic (exact) mass is 372 g/mol. The average molecular weight is 373 g/mol. The van der Waals surface area contributed by atoms with Crippen molar-refractivity contribution in [2.45, 2.75) is 86.0 Å². The predicted octanol–water partition coefficient (Wildman–Crippen LogP) is 6.71. The lowest BCUT2D eigenvalue weighted by Gasteiger charge is -2.58. The van der Waals surface area contributed by atoms with E-state index < -0.39 is 0 Å². The third-order valence-corrected chi connectivity index (χ3v) is 10.3. The summed E-state index contributed by atoms with van der Waals surface area (Å²) in [7, 11) is 0. The van der Waals surface area contributed by atoms with Crippen molar-refractivity contribution in [1.29, 1.82) is 0 Å². The summed E-state index contributed by atoms with van der Waals surface area (Å²) >= 11 is 0. The van der Waals surface area contributed by atoms with Crippen LogP contribution >= 0.6 is 0 Å². The van der Waals surface area contributed by atoms with Crippen molar-refractivity contribution in [2.75, 3.05) is 6.61 Å². The molecule has 0 spiro atoms. The largest absolute Gasteiger partial charge is 0.396 e. The van der Waals surface area contributed by atoms with Gasteiger partial charge in [0.2, 0.25) is 0 Å². The molecule has 0 aromatic rings. The molecule has 0 aliphatic heterocycles. The molecule has 4 rings (SSSR count). The smallest absolute Gasteiger partial charge is 0.0462 e. The standard InChI is InChI=1S/C26H44O/c1-17(2)6-7-18(3)21-10-11-23-20-8-9-22-19(16-27)12-14-26(22,5)24(20)13-15-25(21,23)4/h6-7,17-24,27H,8-16H2,1-5H3/b7-6+/t18-,19-,20+,21-,22+,23+,24+,25-,26+/m1/s1. The van der Waals surface area contributed by atoms with E-state index in [2.05, 4.69) is 46.8 Å². The summed E-state index contributed by atoms with van der Waals surface area (Å²) in [4.78, 5) is 0. The Bertz CT molecular complexity index is 565. The summed E-state index contributed by atoms with van der Waals surface area (Å²) in [5.74, 6) is 6.56. The Balaban J connectivity index is 1.54. The van der Waals surface area contributed by atoms with Gasteiger partial charge < -0.3 is 5.11 Å². The molecule has 1 nitrogen and oxygen atoms in total. The highest BCUT2D eigenvalue weighted by Crippen LogP contribution is 2.69. The molecular weight excluding hydrogens is 328 g/mol. The number of hydrogen-bond acceptors (Lipinski definition) is 1. The van der Waals surface area contributed by atoms with Gasteiger partial charge in [-0.05, 0) is 110 Å². The van der Waals surface area contributed by atoms with Crippen LogP contribution in [0, 0.1) is 58.2 Å². The minimum atomic E-state index is 0.431.